The number of halogens is 1. The number of rotatable bonds is 2. The van der Waals surface area contributed by atoms with Crippen LogP contribution in [-0.4, -0.2) is 34.5 Å². The van der Waals surface area contributed by atoms with Crippen molar-refractivity contribution >= 4 is 23.3 Å². The van der Waals surface area contributed by atoms with Crippen LogP contribution in [0.1, 0.15) is 32.2 Å². The van der Waals surface area contributed by atoms with E-state index in [2.05, 4.69) is 15.3 Å². The van der Waals surface area contributed by atoms with Crippen LogP contribution in [0.3, 0.4) is 0 Å². The Hall–Kier alpha value is -1.36. The van der Waals surface area contributed by atoms with Gasteiger partial charge in [0.05, 0.1) is 0 Å². The number of hydrogen-bond donors (Lipinski definition) is 1. The van der Waals surface area contributed by atoms with Crippen molar-refractivity contribution in [2.75, 3.05) is 18.0 Å². The molecule has 1 aromatic heterocycles. The van der Waals surface area contributed by atoms with Gasteiger partial charge in [-0.05, 0) is 20.8 Å². The molecule has 0 aromatic carbocycles. The fraction of sp³-hybridized carbons (Fsp3) is 0.615. The monoisotopic (exact) mass is 282 g/mol. The number of aryl methyl sites for hydroxylation is 1. The maximum absolute atomic E-state index is 12.0. The molecule has 0 bridgehead atoms. The third-order valence-corrected chi connectivity index (χ3v) is 3.90. The van der Waals surface area contributed by atoms with Gasteiger partial charge >= 0.3 is 0 Å². The molecule has 0 aliphatic carbocycles. The second-order valence-corrected chi connectivity index (χ2v) is 5.56. The van der Waals surface area contributed by atoms with Crippen molar-refractivity contribution in [3.63, 3.8) is 0 Å². The van der Waals surface area contributed by atoms with E-state index in [4.69, 9.17) is 11.6 Å². The molecule has 0 unspecified atom stereocenters. The number of carbonyl (C=O) groups is 1. The van der Waals surface area contributed by atoms with Crippen LogP contribution < -0.4 is 10.2 Å². The molecular weight excluding hydrogens is 264 g/mol. The fourth-order valence-corrected chi connectivity index (χ4v) is 2.39. The molecule has 1 N–H and O–H groups in total. The molecule has 0 atom stereocenters. The second-order valence-electron chi connectivity index (χ2n) is 5.20. The topological polar surface area (TPSA) is 58.1 Å². The summed E-state index contributed by atoms with van der Waals surface area (Å²) in [6, 6.07) is 0. The molecule has 1 aromatic rings. The Kier molecular flexibility index (Phi) is 3.67. The molecule has 0 radical (unpaired) electrons. The highest BCUT2D eigenvalue weighted by Gasteiger charge is 2.39. The summed E-state index contributed by atoms with van der Waals surface area (Å²) >= 11 is 6.17. The van der Waals surface area contributed by atoms with Gasteiger partial charge < -0.3 is 10.2 Å². The van der Waals surface area contributed by atoms with E-state index in [-0.39, 0.29) is 5.91 Å². The van der Waals surface area contributed by atoms with E-state index in [1.54, 1.807) is 0 Å². The van der Waals surface area contributed by atoms with E-state index in [0.717, 1.165) is 17.9 Å². The van der Waals surface area contributed by atoms with Crippen molar-refractivity contribution in [2.45, 2.75) is 39.7 Å². The van der Waals surface area contributed by atoms with Crippen LogP contribution in [0.15, 0.2) is 0 Å². The lowest BCUT2D eigenvalue weighted by Gasteiger charge is -2.42. The quantitative estimate of drug-likeness (QED) is 0.839. The number of nitrogens with one attached hydrogen (secondary N) is 1. The molecule has 0 saturated carbocycles. The van der Waals surface area contributed by atoms with Gasteiger partial charge in [0.1, 0.15) is 22.3 Å². The summed E-state index contributed by atoms with van der Waals surface area (Å²) in [5.74, 6) is 1.47. The Labute approximate surface area is 118 Å². The van der Waals surface area contributed by atoms with E-state index in [1.807, 2.05) is 32.6 Å². The smallest absolute Gasteiger partial charge is 0.245 e. The van der Waals surface area contributed by atoms with E-state index in [0.29, 0.717) is 23.9 Å². The molecule has 1 aliphatic heterocycles. The van der Waals surface area contributed by atoms with Gasteiger partial charge in [-0.25, -0.2) is 9.97 Å². The zero-order valence-electron chi connectivity index (χ0n) is 11.7. The maximum atomic E-state index is 12.0. The Balaban J connectivity index is 2.51. The summed E-state index contributed by atoms with van der Waals surface area (Å²) in [5, 5.41) is 3.34. The molecule has 1 saturated heterocycles. The Bertz CT molecular complexity index is 516. The maximum Gasteiger partial charge on any atom is 0.245 e. The molecule has 1 amide bonds. The third kappa shape index (κ3) is 2.39. The number of hydrogen-bond acceptors (Lipinski definition) is 4. The van der Waals surface area contributed by atoms with E-state index < -0.39 is 5.54 Å². The first-order valence-corrected chi connectivity index (χ1v) is 6.84. The average molecular weight is 283 g/mol. The van der Waals surface area contributed by atoms with Gasteiger partial charge in [-0.3, -0.25) is 4.79 Å². The Morgan fingerprint density at radius 3 is 2.74 bits per heavy atom. The predicted molar refractivity (Wildman–Crippen MR) is 75.6 cm³/mol. The minimum absolute atomic E-state index is 0.00549. The number of nitrogens with zero attached hydrogens (tertiary/aromatic N) is 3. The summed E-state index contributed by atoms with van der Waals surface area (Å²) < 4.78 is 0. The highest BCUT2D eigenvalue weighted by Crippen LogP contribution is 2.30. The molecule has 6 heteroatoms. The number of aromatic nitrogens is 2. The van der Waals surface area contributed by atoms with Crippen LogP contribution in [-0.2, 0) is 11.2 Å². The molecular formula is C13H19ClN4O. The van der Waals surface area contributed by atoms with Gasteiger partial charge in [0.15, 0.2) is 0 Å². The standard InChI is InChI=1S/C13H19ClN4O/c1-5-9-16-10(14)8(2)11(17-9)18-7-6-15-12(19)13(18,3)4/h5-7H2,1-4H3,(H,15,19). The lowest BCUT2D eigenvalue weighted by atomic mass is 9.98. The predicted octanol–water partition coefficient (Wildman–Crippen LogP) is 1.72. The third-order valence-electron chi connectivity index (χ3n) is 3.53. The van der Waals surface area contributed by atoms with Gasteiger partial charge in [-0.1, -0.05) is 18.5 Å². The number of anilines is 1. The zero-order valence-corrected chi connectivity index (χ0v) is 12.5. The first-order valence-electron chi connectivity index (χ1n) is 6.47. The first-order chi connectivity index (χ1) is 8.87. The van der Waals surface area contributed by atoms with Gasteiger partial charge in [-0.15, -0.1) is 0 Å². The number of amides is 1. The number of piperazine rings is 1. The van der Waals surface area contributed by atoms with Crippen molar-refractivity contribution in [3.8, 4) is 0 Å². The lowest BCUT2D eigenvalue weighted by Crippen LogP contribution is -2.62. The van der Waals surface area contributed by atoms with Crippen molar-refractivity contribution in [2.24, 2.45) is 0 Å². The number of carbonyl (C=O) groups excluding carboxylic acids is 1. The largest absolute Gasteiger partial charge is 0.352 e. The highest BCUT2D eigenvalue weighted by molar-refractivity contribution is 6.30. The Morgan fingerprint density at radius 2 is 2.11 bits per heavy atom. The lowest BCUT2D eigenvalue weighted by molar-refractivity contribution is -0.126. The van der Waals surface area contributed by atoms with Gasteiger partial charge in [0.25, 0.3) is 0 Å². The van der Waals surface area contributed by atoms with E-state index >= 15 is 0 Å². The highest BCUT2D eigenvalue weighted by atomic mass is 35.5. The first kappa shape index (κ1) is 14.1. The van der Waals surface area contributed by atoms with Gasteiger partial charge in [0.2, 0.25) is 5.91 Å². The van der Waals surface area contributed by atoms with Crippen LogP contribution in [0.25, 0.3) is 0 Å². The Morgan fingerprint density at radius 1 is 1.42 bits per heavy atom. The minimum Gasteiger partial charge on any atom is -0.352 e. The van der Waals surface area contributed by atoms with Gasteiger partial charge in [0, 0.05) is 25.1 Å². The van der Waals surface area contributed by atoms with Crippen LogP contribution in [0.5, 0.6) is 0 Å². The summed E-state index contributed by atoms with van der Waals surface area (Å²) in [6.07, 6.45) is 0.716. The minimum atomic E-state index is -0.633. The summed E-state index contributed by atoms with van der Waals surface area (Å²) in [6.45, 7) is 8.99. The van der Waals surface area contributed by atoms with Crippen molar-refractivity contribution in [3.05, 3.63) is 16.5 Å². The van der Waals surface area contributed by atoms with Crippen molar-refractivity contribution in [1.29, 1.82) is 0 Å². The molecule has 19 heavy (non-hydrogen) atoms. The molecule has 104 valence electrons. The van der Waals surface area contributed by atoms with Crippen molar-refractivity contribution in [1.82, 2.24) is 15.3 Å². The normalized spacial score (nSPS) is 18.4. The average Bonchev–Trinajstić information content (AvgIpc) is 2.36. The molecule has 2 heterocycles. The molecule has 2 rings (SSSR count). The second kappa shape index (κ2) is 4.96. The van der Waals surface area contributed by atoms with Crippen LogP contribution in [0.2, 0.25) is 5.15 Å². The fourth-order valence-electron chi connectivity index (χ4n) is 2.21. The van der Waals surface area contributed by atoms with Crippen LogP contribution in [0.4, 0.5) is 5.82 Å². The van der Waals surface area contributed by atoms with E-state index in [1.165, 1.54) is 0 Å². The zero-order chi connectivity index (χ0) is 14.2. The molecule has 1 aliphatic rings. The SMILES string of the molecule is CCc1nc(Cl)c(C)c(N2CCNC(=O)C2(C)C)n1. The summed E-state index contributed by atoms with van der Waals surface area (Å²) in [4.78, 5) is 22.8. The van der Waals surface area contributed by atoms with Gasteiger partial charge in [-0.2, -0.15) is 0 Å². The van der Waals surface area contributed by atoms with Crippen LogP contribution >= 0.6 is 11.6 Å². The molecule has 1 fully saturated rings. The van der Waals surface area contributed by atoms with E-state index in [9.17, 15) is 4.79 Å². The van der Waals surface area contributed by atoms with Crippen LogP contribution in [0, 0.1) is 6.92 Å². The summed E-state index contributed by atoms with van der Waals surface area (Å²) in [7, 11) is 0. The summed E-state index contributed by atoms with van der Waals surface area (Å²) in [5.41, 5.74) is 0.188. The van der Waals surface area contributed by atoms with Crippen molar-refractivity contribution < 1.29 is 4.79 Å². The molecule has 5 nitrogen and oxygen atoms in total. The molecule has 0 spiro atoms.